The molecule has 4 aliphatic carbocycles. The molecule has 4 fully saturated rings. The van der Waals surface area contributed by atoms with Gasteiger partial charge in [0.15, 0.2) is 0 Å². The highest BCUT2D eigenvalue weighted by Crippen LogP contribution is 2.80. The first-order valence-electron chi connectivity index (χ1n) is 16.0. The Kier molecular flexibility index (Phi) is 7.73. The lowest BCUT2D eigenvalue weighted by atomic mass is 9.45. The number of benzene rings is 1. The highest BCUT2D eigenvalue weighted by atomic mass is 16.6. The summed E-state index contributed by atoms with van der Waals surface area (Å²) in [5.41, 5.74) is 0.155. The molecule has 0 aromatic heterocycles. The van der Waals surface area contributed by atoms with Crippen molar-refractivity contribution in [3.8, 4) is 0 Å². The van der Waals surface area contributed by atoms with Gasteiger partial charge in [-0.1, -0.05) is 68.7 Å². The van der Waals surface area contributed by atoms with E-state index in [2.05, 4.69) is 62.9 Å². The van der Waals surface area contributed by atoms with E-state index in [0.29, 0.717) is 25.3 Å². The van der Waals surface area contributed by atoms with Crippen LogP contribution in [0.15, 0.2) is 35.9 Å². The van der Waals surface area contributed by atoms with Crippen molar-refractivity contribution in [2.45, 2.75) is 90.8 Å². The Balaban J connectivity index is 1.33. The van der Waals surface area contributed by atoms with E-state index in [1.807, 2.05) is 6.92 Å². The fraction of sp³-hybridized carbons (Fsp3) is 0.714. The molecule has 6 rings (SSSR count). The van der Waals surface area contributed by atoms with E-state index in [-0.39, 0.29) is 48.6 Å². The third-order valence-corrected chi connectivity index (χ3v) is 12.0. The molecule has 10 atom stereocenters. The molecular weight excluding hydrogens is 530 g/mol. The predicted octanol–water partition coefficient (Wildman–Crippen LogP) is 5.29. The molecule has 1 saturated heterocycles. The summed E-state index contributed by atoms with van der Waals surface area (Å²) in [6.45, 7) is 13.0. The second kappa shape index (κ2) is 10.8. The van der Waals surface area contributed by atoms with Gasteiger partial charge in [-0.15, -0.1) is 0 Å². The number of carbonyl (C=O) groups is 2. The Bertz CT molecular complexity index is 1230. The molecule has 1 heterocycles. The van der Waals surface area contributed by atoms with Crippen LogP contribution in [-0.2, 0) is 30.3 Å². The van der Waals surface area contributed by atoms with Crippen LogP contribution in [0.25, 0.3) is 0 Å². The molecule has 3 saturated carbocycles. The quantitative estimate of drug-likeness (QED) is 0.314. The molecular formula is C35H49NO6. The summed E-state index contributed by atoms with van der Waals surface area (Å²) in [4.78, 5) is 29.4. The van der Waals surface area contributed by atoms with Gasteiger partial charge in [0.2, 0.25) is 0 Å². The van der Waals surface area contributed by atoms with E-state index in [1.165, 1.54) is 11.1 Å². The maximum atomic E-state index is 13.7. The highest BCUT2D eigenvalue weighted by molar-refractivity contribution is 5.91. The Morgan fingerprint density at radius 2 is 1.90 bits per heavy atom. The van der Waals surface area contributed by atoms with E-state index in [4.69, 9.17) is 14.2 Å². The number of hydrogen-bond acceptors (Lipinski definition) is 6. The van der Waals surface area contributed by atoms with Gasteiger partial charge in [-0.3, -0.25) is 9.69 Å². The van der Waals surface area contributed by atoms with Crippen LogP contribution < -0.4 is 0 Å². The van der Waals surface area contributed by atoms with Gasteiger partial charge in [-0.05, 0) is 62.3 Å². The van der Waals surface area contributed by atoms with Gasteiger partial charge in [0.1, 0.15) is 11.7 Å². The van der Waals surface area contributed by atoms with Gasteiger partial charge in [0.25, 0.3) is 0 Å². The Morgan fingerprint density at radius 1 is 1.17 bits per heavy atom. The molecule has 42 heavy (non-hydrogen) atoms. The molecule has 7 nitrogen and oxygen atoms in total. The van der Waals surface area contributed by atoms with Gasteiger partial charge in [0, 0.05) is 32.7 Å². The lowest BCUT2D eigenvalue weighted by Gasteiger charge is -2.58. The normalized spacial score (nSPS) is 42.8. The van der Waals surface area contributed by atoms with Crippen molar-refractivity contribution in [2.75, 3.05) is 26.8 Å². The number of methoxy groups -OCH3 is 1. The molecule has 0 spiro atoms. The van der Waals surface area contributed by atoms with Crippen LogP contribution >= 0.6 is 0 Å². The molecule has 5 aliphatic rings. The molecule has 0 unspecified atom stereocenters. The van der Waals surface area contributed by atoms with Crippen LogP contribution in [0.3, 0.4) is 0 Å². The average Bonchev–Trinajstić information content (AvgIpc) is 3.48. The maximum absolute atomic E-state index is 13.7. The minimum absolute atomic E-state index is 0.0192. The van der Waals surface area contributed by atoms with E-state index in [1.54, 1.807) is 7.11 Å². The largest absolute Gasteiger partial charge is 0.480 e. The number of nitrogens with zero attached hydrogens (tertiary/aromatic N) is 1. The number of carbonyl (C=O) groups excluding carboxylic acids is 1. The van der Waals surface area contributed by atoms with Crippen LogP contribution in [0.2, 0.25) is 0 Å². The number of hydrogen-bond donors (Lipinski definition) is 1. The van der Waals surface area contributed by atoms with E-state index >= 15 is 0 Å². The molecule has 4 bridgehead atoms. The monoisotopic (exact) mass is 579 g/mol. The van der Waals surface area contributed by atoms with Crippen LogP contribution in [0.5, 0.6) is 0 Å². The number of aryl methyl sites for hydroxylation is 1. The number of fused-ring (bicyclic) bond motifs is 2. The van der Waals surface area contributed by atoms with Gasteiger partial charge < -0.3 is 24.1 Å². The first kappa shape index (κ1) is 30.0. The first-order chi connectivity index (χ1) is 20.0. The number of rotatable bonds is 9. The van der Waals surface area contributed by atoms with Crippen molar-refractivity contribution in [1.29, 1.82) is 0 Å². The summed E-state index contributed by atoms with van der Waals surface area (Å²) >= 11 is 0. The number of aliphatic carboxylic acids is 1. The Hall–Kier alpha value is -2.06. The summed E-state index contributed by atoms with van der Waals surface area (Å²) in [5, 5.41) is 11.2. The summed E-state index contributed by atoms with van der Waals surface area (Å²) in [5.74, 6) is -0.129. The van der Waals surface area contributed by atoms with E-state index in [0.717, 1.165) is 37.8 Å². The Labute approximate surface area is 251 Å². The molecule has 1 aromatic rings. The second-order valence-electron chi connectivity index (χ2n) is 14.4. The predicted molar refractivity (Wildman–Crippen MR) is 160 cm³/mol. The number of carboxylic acid groups (broad SMARTS) is 1. The topological polar surface area (TPSA) is 85.3 Å². The standard InChI is InChI=1S/C35H49NO6/c1-21(2)30-13-26-14-33(20-37)29-12-9-23(4)28(29)15-34(26,35(30,33)32(38)39)41-19-27-17-36(18-31(40-6)24(5)42-27)16-25-10-7-22(3)8-11-25/h7-8,10-11,13,20-21,23-24,26-29,31H,9,12,14-19H2,1-6H3,(H,38,39)/t23-,24-,26+,27-,28-,29-,31+,33+,34+,35+/m1/s1. The fourth-order valence-electron chi connectivity index (χ4n) is 10.2. The molecule has 1 N–H and O–H groups in total. The first-order valence-corrected chi connectivity index (χ1v) is 16.0. The van der Waals surface area contributed by atoms with E-state index in [9.17, 15) is 14.7 Å². The number of carboxylic acids is 1. The minimum atomic E-state index is -1.33. The molecule has 1 aliphatic heterocycles. The number of aldehydes is 1. The van der Waals surface area contributed by atoms with Crippen molar-refractivity contribution in [3.63, 3.8) is 0 Å². The zero-order chi connectivity index (χ0) is 30.0. The number of ether oxygens (including phenoxy) is 3. The van der Waals surface area contributed by atoms with Gasteiger partial charge in [0.05, 0.1) is 35.9 Å². The zero-order valence-corrected chi connectivity index (χ0v) is 26.2. The van der Waals surface area contributed by atoms with Gasteiger partial charge in [-0.2, -0.15) is 0 Å². The summed E-state index contributed by atoms with van der Waals surface area (Å²) in [6, 6.07) is 8.62. The molecule has 7 heteroatoms. The second-order valence-corrected chi connectivity index (χ2v) is 14.4. The molecule has 0 amide bonds. The molecule has 1 aromatic carbocycles. The maximum Gasteiger partial charge on any atom is 0.317 e. The SMILES string of the molecule is CO[C@H]1CN(Cc2ccc(C)cc2)C[C@H](CO[C@@]23C[C@@H]4[C@H](C)CC[C@H]4[C@@]4(C=O)C[C@@H]2C=C(C(C)C)[C@@]34C(=O)O)O[C@@H]1C. The van der Waals surface area contributed by atoms with Gasteiger partial charge >= 0.3 is 5.97 Å². The lowest BCUT2D eigenvalue weighted by Crippen LogP contribution is -2.66. The van der Waals surface area contributed by atoms with Crippen LogP contribution in [-0.4, -0.2) is 73.0 Å². The van der Waals surface area contributed by atoms with Crippen LogP contribution in [0, 0.1) is 47.3 Å². The van der Waals surface area contributed by atoms with Gasteiger partial charge in [-0.25, -0.2) is 0 Å². The Morgan fingerprint density at radius 3 is 2.55 bits per heavy atom. The fourth-order valence-corrected chi connectivity index (χ4v) is 10.2. The smallest absolute Gasteiger partial charge is 0.317 e. The minimum Gasteiger partial charge on any atom is -0.480 e. The third-order valence-electron chi connectivity index (χ3n) is 12.0. The molecule has 230 valence electrons. The summed E-state index contributed by atoms with van der Waals surface area (Å²) in [7, 11) is 1.73. The third kappa shape index (κ3) is 4.13. The lowest BCUT2D eigenvalue weighted by molar-refractivity contribution is -0.218. The zero-order valence-electron chi connectivity index (χ0n) is 26.2. The van der Waals surface area contributed by atoms with Crippen molar-refractivity contribution in [1.82, 2.24) is 4.90 Å². The highest BCUT2D eigenvalue weighted by Gasteiger charge is 2.85. The average molecular weight is 580 g/mol. The van der Waals surface area contributed by atoms with Crippen molar-refractivity contribution < 1.29 is 28.9 Å². The van der Waals surface area contributed by atoms with Crippen molar-refractivity contribution in [2.24, 2.45) is 40.4 Å². The van der Waals surface area contributed by atoms with Crippen LogP contribution in [0.4, 0.5) is 0 Å². The van der Waals surface area contributed by atoms with Crippen molar-refractivity contribution in [3.05, 3.63) is 47.0 Å². The summed E-state index contributed by atoms with van der Waals surface area (Å²) in [6.07, 6.45) is 5.99. The van der Waals surface area contributed by atoms with Crippen molar-refractivity contribution >= 4 is 12.3 Å². The molecule has 0 radical (unpaired) electrons. The van der Waals surface area contributed by atoms with Crippen LogP contribution in [0.1, 0.15) is 64.5 Å². The summed E-state index contributed by atoms with van der Waals surface area (Å²) < 4.78 is 19.6. The van der Waals surface area contributed by atoms with E-state index < -0.39 is 22.4 Å².